The highest BCUT2D eigenvalue weighted by atomic mass is 32.2. The van der Waals surface area contributed by atoms with Crippen LogP contribution in [0.25, 0.3) is 0 Å². The molecule has 0 saturated carbocycles. The van der Waals surface area contributed by atoms with E-state index in [1.54, 1.807) is 12.1 Å². The molecule has 0 aliphatic rings. The van der Waals surface area contributed by atoms with Gasteiger partial charge in [0, 0.05) is 30.2 Å². The lowest BCUT2D eigenvalue weighted by Gasteiger charge is -2.14. The summed E-state index contributed by atoms with van der Waals surface area (Å²) in [4.78, 5) is 1.11. The topological polar surface area (TPSA) is 108 Å². The van der Waals surface area contributed by atoms with Gasteiger partial charge in [0.05, 0.1) is 12.7 Å². The molecule has 7 heteroatoms. The number of phenols is 1. The Labute approximate surface area is 196 Å². The van der Waals surface area contributed by atoms with Crippen molar-refractivity contribution in [2.45, 2.75) is 62.6 Å². The van der Waals surface area contributed by atoms with Crippen LogP contribution in [0.15, 0.2) is 47.4 Å². The van der Waals surface area contributed by atoms with E-state index in [1.165, 1.54) is 23.6 Å². The van der Waals surface area contributed by atoms with E-state index >= 15 is 0 Å². The monoisotopic (exact) mass is 462 g/mol. The number of aryl methyl sites for hydroxylation is 1. The van der Waals surface area contributed by atoms with E-state index in [9.17, 15) is 15.3 Å². The Kier molecular flexibility index (Phi) is 13.4. The highest BCUT2D eigenvalue weighted by molar-refractivity contribution is 7.97. The Balaban J connectivity index is 1.40. The highest BCUT2D eigenvalue weighted by Crippen LogP contribution is 2.22. The van der Waals surface area contributed by atoms with Crippen LogP contribution in [0, 0.1) is 0 Å². The fraction of sp³-hybridized carbons (Fsp3) is 0.520. The molecule has 0 aliphatic carbocycles. The molecule has 6 N–H and O–H groups in total. The van der Waals surface area contributed by atoms with Crippen molar-refractivity contribution < 1.29 is 20.1 Å². The van der Waals surface area contributed by atoms with E-state index in [0.29, 0.717) is 17.7 Å². The molecule has 0 heterocycles. The number of aliphatic hydroxyl groups excluding tert-OH is 2. The molecule has 178 valence electrons. The predicted molar refractivity (Wildman–Crippen MR) is 131 cm³/mol. The van der Waals surface area contributed by atoms with E-state index in [2.05, 4.69) is 23.5 Å². The average molecular weight is 463 g/mol. The van der Waals surface area contributed by atoms with Gasteiger partial charge in [0.1, 0.15) is 5.75 Å². The average Bonchev–Trinajstić information content (AvgIpc) is 2.82. The second-order valence-electron chi connectivity index (χ2n) is 8.02. The third-order valence-corrected chi connectivity index (χ3v) is 5.95. The van der Waals surface area contributed by atoms with Crippen molar-refractivity contribution >= 4 is 11.9 Å². The smallest absolute Gasteiger partial charge is 0.121 e. The third kappa shape index (κ3) is 10.3. The van der Waals surface area contributed by atoms with Gasteiger partial charge in [0.25, 0.3) is 0 Å². The molecule has 0 spiro atoms. The first kappa shape index (κ1) is 26.6. The fourth-order valence-corrected chi connectivity index (χ4v) is 3.89. The van der Waals surface area contributed by atoms with Gasteiger partial charge < -0.3 is 25.4 Å². The molecule has 0 bridgehead atoms. The SMILES string of the molecule is NSc1cccc(CCCCOCCCCCCNC[C@H](O)c2ccc(O)c(CO)c2)c1. The predicted octanol–water partition coefficient (Wildman–Crippen LogP) is 4.07. The second-order valence-corrected chi connectivity index (χ2v) is 8.72. The first-order valence-electron chi connectivity index (χ1n) is 11.5. The number of benzene rings is 2. The second kappa shape index (κ2) is 16.1. The summed E-state index contributed by atoms with van der Waals surface area (Å²) in [5, 5.41) is 37.9. The van der Waals surface area contributed by atoms with Crippen molar-refractivity contribution in [1.82, 2.24) is 5.32 Å². The summed E-state index contributed by atoms with van der Waals surface area (Å²) in [5.41, 5.74) is 2.46. The largest absolute Gasteiger partial charge is 0.508 e. The third-order valence-electron chi connectivity index (χ3n) is 5.43. The summed E-state index contributed by atoms with van der Waals surface area (Å²) in [6, 6.07) is 13.2. The molecule has 2 rings (SSSR count). The van der Waals surface area contributed by atoms with Gasteiger partial charge >= 0.3 is 0 Å². The van der Waals surface area contributed by atoms with Crippen LogP contribution in [0.4, 0.5) is 0 Å². The van der Waals surface area contributed by atoms with Crippen molar-refractivity contribution in [3.8, 4) is 5.75 Å². The molecule has 0 aliphatic heterocycles. The highest BCUT2D eigenvalue weighted by Gasteiger charge is 2.09. The standard InChI is InChI=1S/C25H38N2O4S/c26-32-23-10-7-9-20(16-23)8-3-6-15-31-14-5-2-1-4-13-27-18-25(30)21-11-12-24(29)22(17-21)19-28/h7,9-12,16-17,25,27-30H,1-6,8,13-15,18-19,26H2/t25-/m0/s1. The summed E-state index contributed by atoms with van der Waals surface area (Å²) in [6.45, 7) is 2.70. The maximum atomic E-state index is 10.2. The van der Waals surface area contributed by atoms with Gasteiger partial charge in [-0.3, -0.25) is 5.14 Å². The van der Waals surface area contributed by atoms with Crippen molar-refractivity contribution in [2.24, 2.45) is 5.14 Å². The van der Waals surface area contributed by atoms with Crippen LogP contribution in [-0.2, 0) is 17.8 Å². The summed E-state index contributed by atoms with van der Waals surface area (Å²) >= 11 is 1.29. The number of nitrogens with two attached hydrogens (primary N) is 1. The molecule has 2 aromatic rings. The molecule has 1 atom stereocenters. The normalized spacial score (nSPS) is 12.2. The van der Waals surface area contributed by atoms with Crippen molar-refractivity contribution in [2.75, 3.05) is 26.3 Å². The molecule has 32 heavy (non-hydrogen) atoms. The summed E-state index contributed by atoms with van der Waals surface area (Å²) in [7, 11) is 0. The van der Waals surface area contributed by atoms with Crippen molar-refractivity contribution in [3.05, 3.63) is 59.2 Å². The van der Waals surface area contributed by atoms with E-state index < -0.39 is 6.10 Å². The van der Waals surface area contributed by atoms with Crippen LogP contribution >= 0.6 is 11.9 Å². The lowest BCUT2D eigenvalue weighted by atomic mass is 10.1. The van der Waals surface area contributed by atoms with Gasteiger partial charge in [-0.05, 0) is 86.0 Å². The molecular formula is C25H38N2O4S. The van der Waals surface area contributed by atoms with E-state index in [1.807, 2.05) is 6.07 Å². The maximum Gasteiger partial charge on any atom is 0.121 e. The molecule has 6 nitrogen and oxygen atoms in total. The number of ether oxygens (including phenoxy) is 1. The Bertz CT molecular complexity index is 775. The van der Waals surface area contributed by atoms with Crippen LogP contribution in [0.5, 0.6) is 5.75 Å². The number of unbranched alkanes of at least 4 members (excludes halogenated alkanes) is 4. The van der Waals surface area contributed by atoms with Gasteiger partial charge in [0.2, 0.25) is 0 Å². The minimum atomic E-state index is -0.655. The zero-order chi connectivity index (χ0) is 23.0. The minimum absolute atomic E-state index is 0.0493. The van der Waals surface area contributed by atoms with Gasteiger partial charge in [-0.15, -0.1) is 0 Å². The summed E-state index contributed by atoms with van der Waals surface area (Å²) < 4.78 is 5.74. The van der Waals surface area contributed by atoms with E-state index in [4.69, 9.17) is 9.88 Å². The Morgan fingerprint density at radius 3 is 2.53 bits per heavy atom. The first-order chi connectivity index (χ1) is 15.6. The number of nitrogens with one attached hydrogen (secondary N) is 1. The molecule has 0 unspecified atom stereocenters. The Hall–Kier alpha value is -1.61. The number of aliphatic hydroxyl groups is 2. The van der Waals surface area contributed by atoms with Crippen LogP contribution in [0.1, 0.15) is 61.3 Å². The van der Waals surface area contributed by atoms with E-state index in [0.717, 1.165) is 69.6 Å². The molecule has 2 aromatic carbocycles. The zero-order valence-corrected chi connectivity index (χ0v) is 19.7. The molecule has 0 fully saturated rings. The Morgan fingerprint density at radius 1 is 0.969 bits per heavy atom. The van der Waals surface area contributed by atoms with Gasteiger partial charge in [-0.25, -0.2) is 0 Å². The molecule has 0 amide bonds. The van der Waals surface area contributed by atoms with Crippen LogP contribution in [0.3, 0.4) is 0 Å². The van der Waals surface area contributed by atoms with Gasteiger partial charge in [-0.2, -0.15) is 0 Å². The number of hydrogen-bond acceptors (Lipinski definition) is 7. The van der Waals surface area contributed by atoms with Crippen LogP contribution in [0.2, 0.25) is 0 Å². The van der Waals surface area contributed by atoms with Gasteiger partial charge in [-0.1, -0.05) is 31.0 Å². The Morgan fingerprint density at radius 2 is 1.75 bits per heavy atom. The van der Waals surface area contributed by atoms with Crippen molar-refractivity contribution in [1.29, 1.82) is 0 Å². The lowest BCUT2D eigenvalue weighted by Crippen LogP contribution is -2.22. The number of hydrogen-bond donors (Lipinski definition) is 5. The minimum Gasteiger partial charge on any atom is -0.508 e. The van der Waals surface area contributed by atoms with Crippen LogP contribution in [-0.4, -0.2) is 41.6 Å². The molecule has 0 radical (unpaired) electrons. The van der Waals surface area contributed by atoms with Gasteiger partial charge in [0.15, 0.2) is 0 Å². The molecule has 0 saturated heterocycles. The summed E-state index contributed by atoms with van der Waals surface area (Å²) in [5.74, 6) is 0.0493. The molecule has 0 aromatic heterocycles. The number of rotatable bonds is 17. The maximum absolute atomic E-state index is 10.2. The number of aromatic hydroxyl groups is 1. The zero-order valence-electron chi connectivity index (χ0n) is 18.8. The van der Waals surface area contributed by atoms with Crippen LogP contribution < -0.4 is 10.5 Å². The molecular weight excluding hydrogens is 424 g/mol. The quantitative estimate of drug-likeness (QED) is 0.178. The van der Waals surface area contributed by atoms with Crippen molar-refractivity contribution in [3.63, 3.8) is 0 Å². The van der Waals surface area contributed by atoms with E-state index in [-0.39, 0.29) is 12.4 Å². The lowest BCUT2D eigenvalue weighted by molar-refractivity contribution is 0.126. The fourth-order valence-electron chi connectivity index (χ4n) is 3.51. The first-order valence-corrected chi connectivity index (χ1v) is 12.4. The summed E-state index contributed by atoms with van der Waals surface area (Å²) in [6.07, 6.45) is 7.03.